The van der Waals surface area contributed by atoms with Gasteiger partial charge in [0.25, 0.3) is 11.8 Å². The van der Waals surface area contributed by atoms with Crippen molar-refractivity contribution in [2.24, 2.45) is 0 Å². The number of hydrogen-bond donors (Lipinski definition) is 1. The van der Waals surface area contributed by atoms with Gasteiger partial charge in [0.1, 0.15) is 0 Å². The molecule has 0 saturated carbocycles. The van der Waals surface area contributed by atoms with Gasteiger partial charge in [-0.05, 0) is 30.3 Å². The van der Waals surface area contributed by atoms with Gasteiger partial charge in [0.05, 0.1) is 23.0 Å². The van der Waals surface area contributed by atoms with Crippen molar-refractivity contribution in [2.75, 3.05) is 43.0 Å². The molecule has 27 heavy (non-hydrogen) atoms. The Morgan fingerprint density at radius 1 is 1.11 bits per heavy atom. The van der Waals surface area contributed by atoms with E-state index >= 15 is 0 Å². The number of anilines is 2. The van der Waals surface area contributed by atoms with Crippen LogP contribution in [0.2, 0.25) is 0 Å². The number of carbonyl (C=O) groups is 2. The van der Waals surface area contributed by atoms with E-state index in [-0.39, 0.29) is 18.4 Å². The second-order valence-electron chi connectivity index (χ2n) is 6.46. The summed E-state index contributed by atoms with van der Waals surface area (Å²) < 4.78 is 5.62. The zero-order valence-corrected chi connectivity index (χ0v) is 14.6. The van der Waals surface area contributed by atoms with Gasteiger partial charge in [0.2, 0.25) is 0 Å². The van der Waals surface area contributed by atoms with Gasteiger partial charge < -0.3 is 19.9 Å². The second-order valence-corrected chi connectivity index (χ2v) is 6.46. The first-order valence-electron chi connectivity index (χ1n) is 8.76. The number of hydrogen-bond acceptors (Lipinski definition) is 5. The van der Waals surface area contributed by atoms with Crippen molar-refractivity contribution >= 4 is 23.2 Å². The third kappa shape index (κ3) is 3.29. The number of ether oxygens (including phenoxy) is 1. The van der Waals surface area contributed by atoms with E-state index in [1.165, 1.54) is 0 Å². The standard InChI is InChI=1S/C20H18N4O3/c21-12-14-3-1-4-15(11-14)20(26)24-9-7-23(8-10-24)17-6-2-5-16-19(17)27-13-18(25)22-16/h1-6,11H,7-10,13H2,(H,22,25). The molecule has 1 saturated heterocycles. The van der Waals surface area contributed by atoms with Crippen molar-refractivity contribution < 1.29 is 14.3 Å². The maximum Gasteiger partial charge on any atom is 0.262 e. The molecular formula is C20H18N4O3. The number of benzene rings is 2. The lowest BCUT2D eigenvalue weighted by Gasteiger charge is -2.37. The minimum Gasteiger partial charge on any atom is -0.479 e. The Bertz CT molecular complexity index is 942. The number of piperazine rings is 1. The van der Waals surface area contributed by atoms with E-state index < -0.39 is 0 Å². The third-order valence-corrected chi connectivity index (χ3v) is 4.76. The molecule has 0 bridgehead atoms. The number of nitrogens with zero attached hydrogens (tertiary/aromatic N) is 3. The van der Waals surface area contributed by atoms with E-state index in [1.807, 2.05) is 18.2 Å². The van der Waals surface area contributed by atoms with Crippen molar-refractivity contribution in [3.63, 3.8) is 0 Å². The fourth-order valence-electron chi connectivity index (χ4n) is 3.40. The smallest absolute Gasteiger partial charge is 0.262 e. The van der Waals surface area contributed by atoms with Crippen LogP contribution in [0.15, 0.2) is 42.5 Å². The lowest BCUT2D eigenvalue weighted by Crippen LogP contribution is -2.49. The Morgan fingerprint density at radius 2 is 1.89 bits per heavy atom. The van der Waals surface area contributed by atoms with Crippen LogP contribution in [0.4, 0.5) is 11.4 Å². The van der Waals surface area contributed by atoms with E-state index in [0.29, 0.717) is 48.7 Å². The van der Waals surface area contributed by atoms with Crippen LogP contribution >= 0.6 is 0 Å². The molecule has 2 aliphatic rings. The summed E-state index contributed by atoms with van der Waals surface area (Å²) in [6.45, 7) is 2.49. The summed E-state index contributed by atoms with van der Waals surface area (Å²) in [5, 5.41) is 11.8. The van der Waals surface area contributed by atoms with Crippen molar-refractivity contribution in [2.45, 2.75) is 0 Å². The van der Waals surface area contributed by atoms with Crippen molar-refractivity contribution in [3.05, 3.63) is 53.6 Å². The lowest BCUT2D eigenvalue weighted by molar-refractivity contribution is -0.118. The molecule has 0 aliphatic carbocycles. The summed E-state index contributed by atoms with van der Waals surface area (Å²) in [4.78, 5) is 28.2. The molecule has 2 amide bonds. The van der Waals surface area contributed by atoms with Gasteiger partial charge in [-0.3, -0.25) is 9.59 Å². The Morgan fingerprint density at radius 3 is 2.67 bits per heavy atom. The highest BCUT2D eigenvalue weighted by Crippen LogP contribution is 2.38. The number of nitrogens with one attached hydrogen (secondary N) is 1. The topological polar surface area (TPSA) is 85.7 Å². The lowest BCUT2D eigenvalue weighted by atomic mass is 10.1. The summed E-state index contributed by atoms with van der Waals surface area (Å²) in [5.74, 6) is 0.457. The molecule has 1 N–H and O–H groups in total. The predicted octanol–water partition coefficient (Wildman–Crippen LogP) is 1.85. The molecule has 0 spiro atoms. The highest BCUT2D eigenvalue weighted by Gasteiger charge is 2.26. The van der Waals surface area contributed by atoms with Crippen LogP contribution < -0.4 is 15.0 Å². The molecule has 0 radical (unpaired) electrons. The normalized spacial score (nSPS) is 16.0. The van der Waals surface area contributed by atoms with Gasteiger partial charge in [0.15, 0.2) is 12.4 Å². The molecule has 7 heteroatoms. The molecule has 1 fully saturated rings. The van der Waals surface area contributed by atoms with Crippen LogP contribution in [0, 0.1) is 11.3 Å². The van der Waals surface area contributed by atoms with Gasteiger partial charge in [-0.25, -0.2) is 0 Å². The number of amides is 2. The predicted molar refractivity (Wildman–Crippen MR) is 99.8 cm³/mol. The quantitative estimate of drug-likeness (QED) is 0.881. The van der Waals surface area contributed by atoms with Crippen LogP contribution in [0.25, 0.3) is 0 Å². The Hall–Kier alpha value is -3.53. The fourth-order valence-corrected chi connectivity index (χ4v) is 3.40. The van der Waals surface area contributed by atoms with Crippen molar-refractivity contribution in [1.29, 1.82) is 5.26 Å². The second kappa shape index (κ2) is 7.00. The van der Waals surface area contributed by atoms with Crippen LogP contribution in [-0.2, 0) is 4.79 Å². The van der Waals surface area contributed by atoms with E-state index in [4.69, 9.17) is 10.00 Å². The average molecular weight is 362 g/mol. The largest absolute Gasteiger partial charge is 0.479 e. The monoisotopic (exact) mass is 362 g/mol. The van der Waals surface area contributed by atoms with E-state index in [1.54, 1.807) is 29.2 Å². The molecule has 136 valence electrons. The molecule has 2 aromatic carbocycles. The summed E-state index contributed by atoms with van der Waals surface area (Å²) in [5.41, 5.74) is 2.61. The van der Waals surface area contributed by atoms with Crippen LogP contribution in [0.5, 0.6) is 5.75 Å². The van der Waals surface area contributed by atoms with Crippen LogP contribution in [0.3, 0.4) is 0 Å². The number of rotatable bonds is 2. The Balaban J connectivity index is 1.47. The maximum atomic E-state index is 12.7. The molecule has 0 aromatic heterocycles. The number of para-hydroxylation sites is 1. The first kappa shape index (κ1) is 16.9. The molecular weight excluding hydrogens is 344 g/mol. The minimum atomic E-state index is -0.158. The highest BCUT2D eigenvalue weighted by atomic mass is 16.5. The number of nitriles is 1. The summed E-state index contributed by atoms with van der Waals surface area (Å²) in [7, 11) is 0. The number of fused-ring (bicyclic) bond motifs is 1. The zero-order valence-electron chi connectivity index (χ0n) is 14.6. The first-order valence-corrected chi connectivity index (χ1v) is 8.76. The van der Waals surface area contributed by atoms with Crippen molar-refractivity contribution in [3.8, 4) is 11.8 Å². The molecule has 7 nitrogen and oxygen atoms in total. The summed E-state index contributed by atoms with van der Waals surface area (Å²) in [6, 6.07) is 14.5. The van der Waals surface area contributed by atoms with E-state index in [0.717, 1.165) is 5.69 Å². The molecule has 2 aromatic rings. The fraction of sp³-hybridized carbons (Fsp3) is 0.250. The van der Waals surface area contributed by atoms with Gasteiger partial charge in [-0.15, -0.1) is 0 Å². The molecule has 2 aliphatic heterocycles. The zero-order chi connectivity index (χ0) is 18.8. The molecule has 2 heterocycles. The number of carbonyl (C=O) groups excluding carboxylic acids is 2. The van der Waals surface area contributed by atoms with Crippen molar-refractivity contribution in [1.82, 2.24) is 4.90 Å². The van der Waals surface area contributed by atoms with Gasteiger partial charge in [0, 0.05) is 31.7 Å². The van der Waals surface area contributed by atoms with Gasteiger partial charge in [-0.1, -0.05) is 12.1 Å². The summed E-state index contributed by atoms with van der Waals surface area (Å²) >= 11 is 0. The van der Waals surface area contributed by atoms with Crippen LogP contribution in [0.1, 0.15) is 15.9 Å². The van der Waals surface area contributed by atoms with E-state index in [9.17, 15) is 9.59 Å². The Kier molecular flexibility index (Phi) is 4.38. The highest BCUT2D eigenvalue weighted by molar-refractivity contribution is 5.97. The molecule has 0 atom stereocenters. The maximum absolute atomic E-state index is 12.7. The van der Waals surface area contributed by atoms with Gasteiger partial charge in [-0.2, -0.15) is 5.26 Å². The summed E-state index contributed by atoms with van der Waals surface area (Å²) in [6.07, 6.45) is 0. The molecule has 4 rings (SSSR count). The average Bonchev–Trinajstić information content (AvgIpc) is 2.72. The Labute approximate surface area is 156 Å². The van der Waals surface area contributed by atoms with E-state index in [2.05, 4.69) is 16.3 Å². The third-order valence-electron chi connectivity index (χ3n) is 4.76. The SMILES string of the molecule is N#Cc1cccc(C(=O)N2CCN(c3cccc4c3OCC(=O)N4)CC2)c1. The first-order chi connectivity index (χ1) is 13.2. The van der Waals surface area contributed by atoms with Gasteiger partial charge >= 0.3 is 0 Å². The molecule has 0 unspecified atom stereocenters. The minimum absolute atomic E-state index is 0.0116. The van der Waals surface area contributed by atoms with Crippen LogP contribution in [-0.4, -0.2) is 49.5 Å².